The SMILES string of the molecule is O=[N+]([O-])c1cc(Cl)c(N2CC[C@@H](O)C2)c(Cl)c1. The predicted molar refractivity (Wildman–Crippen MR) is 66.0 cm³/mol. The Balaban J connectivity index is 2.38. The van der Waals surface area contributed by atoms with E-state index in [-0.39, 0.29) is 15.7 Å². The van der Waals surface area contributed by atoms with Crippen molar-refractivity contribution in [1.82, 2.24) is 0 Å². The largest absolute Gasteiger partial charge is 0.391 e. The van der Waals surface area contributed by atoms with Crippen LogP contribution in [0.4, 0.5) is 11.4 Å². The number of hydrogen-bond donors (Lipinski definition) is 1. The average Bonchev–Trinajstić information content (AvgIpc) is 2.63. The summed E-state index contributed by atoms with van der Waals surface area (Å²) in [5.41, 5.74) is 0.416. The van der Waals surface area contributed by atoms with Crippen molar-refractivity contribution in [1.29, 1.82) is 0 Å². The van der Waals surface area contributed by atoms with Gasteiger partial charge in [-0.3, -0.25) is 10.1 Å². The van der Waals surface area contributed by atoms with Crippen LogP contribution in [0, 0.1) is 10.1 Å². The fourth-order valence-electron chi connectivity index (χ4n) is 1.90. The Morgan fingerprint density at radius 2 is 2.00 bits per heavy atom. The van der Waals surface area contributed by atoms with Gasteiger partial charge in [-0.25, -0.2) is 0 Å². The molecule has 92 valence electrons. The van der Waals surface area contributed by atoms with Crippen molar-refractivity contribution in [3.05, 3.63) is 32.3 Å². The number of nitro benzene ring substituents is 1. The predicted octanol–water partition coefficient (Wildman–Crippen LogP) is 2.47. The molecule has 0 unspecified atom stereocenters. The summed E-state index contributed by atoms with van der Waals surface area (Å²) in [6, 6.07) is 2.54. The van der Waals surface area contributed by atoms with Crippen LogP contribution in [-0.4, -0.2) is 29.2 Å². The molecule has 0 spiro atoms. The molecular formula is C10H10Cl2N2O3. The van der Waals surface area contributed by atoms with Crippen LogP contribution in [0.5, 0.6) is 0 Å². The van der Waals surface area contributed by atoms with Gasteiger partial charge in [-0.2, -0.15) is 0 Å². The number of aliphatic hydroxyl groups is 1. The van der Waals surface area contributed by atoms with Gasteiger partial charge in [0.1, 0.15) is 0 Å². The number of non-ortho nitro benzene ring substituents is 1. The zero-order chi connectivity index (χ0) is 12.6. The van der Waals surface area contributed by atoms with E-state index in [0.717, 1.165) is 0 Å². The smallest absolute Gasteiger partial charge is 0.272 e. The first-order chi connectivity index (χ1) is 7.99. The van der Waals surface area contributed by atoms with Crippen molar-refractivity contribution in [2.24, 2.45) is 0 Å². The minimum Gasteiger partial charge on any atom is -0.391 e. The van der Waals surface area contributed by atoms with Crippen molar-refractivity contribution in [2.45, 2.75) is 12.5 Å². The maximum absolute atomic E-state index is 10.6. The standard InChI is InChI=1S/C10H10Cl2N2O3/c11-8-3-6(14(16)17)4-9(12)10(8)13-2-1-7(15)5-13/h3-4,7,15H,1-2,5H2/t7-/m1/s1. The second-order valence-corrected chi connectivity index (χ2v) is 4.72. The van der Waals surface area contributed by atoms with E-state index >= 15 is 0 Å². The van der Waals surface area contributed by atoms with Gasteiger partial charge in [0.2, 0.25) is 0 Å². The van der Waals surface area contributed by atoms with Gasteiger partial charge in [0, 0.05) is 25.2 Å². The Kier molecular flexibility index (Phi) is 3.42. The number of nitro groups is 1. The van der Waals surface area contributed by atoms with Crippen LogP contribution < -0.4 is 4.90 Å². The summed E-state index contributed by atoms with van der Waals surface area (Å²) >= 11 is 12.0. The summed E-state index contributed by atoms with van der Waals surface area (Å²) in [4.78, 5) is 11.9. The molecule has 1 aliphatic heterocycles. The topological polar surface area (TPSA) is 66.6 Å². The zero-order valence-electron chi connectivity index (χ0n) is 8.77. The first kappa shape index (κ1) is 12.4. The van der Waals surface area contributed by atoms with Gasteiger partial charge >= 0.3 is 0 Å². The molecule has 1 saturated heterocycles. The van der Waals surface area contributed by atoms with Crippen molar-refractivity contribution in [2.75, 3.05) is 18.0 Å². The number of benzene rings is 1. The molecule has 17 heavy (non-hydrogen) atoms. The van der Waals surface area contributed by atoms with Crippen LogP contribution in [0.2, 0.25) is 10.0 Å². The van der Waals surface area contributed by atoms with Crippen molar-refractivity contribution < 1.29 is 10.0 Å². The van der Waals surface area contributed by atoms with E-state index < -0.39 is 11.0 Å². The molecule has 1 heterocycles. The third-order valence-electron chi connectivity index (χ3n) is 2.69. The molecule has 1 aromatic rings. The highest BCUT2D eigenvalue weighted by Crippen LogP contribution is 2.38. The molecular weight excluding hydrogens is 267 g/mol. The lowest BCUT2D eigenvalue weighted by atomic mass is 10.2. The summed E-state index contributed by atoms with van der Waals surface area (Å²) in [6.45, 7) is 1.08. The summed E-state index contributed by atoms with van der Waals surface area (Å²) in [5.74, 6) is 0. The van der Waals surface area contributed by atoms with E-state index in [2.05, 4.69) is 0 Å². The fraction of sp³-hybridized carbons (Fsp3) is 0.400. The molecule has 1 aliphatic rings. The molecule has 0 saturated carbocycles. The maximum atomic E-state index is 10.6. The Morgan fingerprint density at radius 1 is 1.41 bits per heavy atom. The Hall–Kier alpha value is -1.04. The number of anilines is 1. The van der Waals surface area contributed by atoms with Crippen molar-refractivity contribution in [3.8, 4) is 0 Å². The Morgan fingerprint density at radius 3 is 2.41 bits per heavy atom. The molecule has 0 aromatic heterocycles. The van der Waals surface area contributed by atoms with E-state index in [1.165, 1.54) is 12.1 Å². The van der Waals surface area contributed by atoms with E-state index in [4.69, 9.17) is 23.2 Å². The minimum atomic E-state index is -0.541. The highest BCUT2D eigenvalue weighted by molar-refractivity contribution is 6.39. The number of hydrogen-bond acceptors (Lipinski definition) is 4. The Bertz CT molecular complexity index is 444. The summed E-state index contributed by atoms with van der Waals surface area (Å²) < 4.78 is 0. The molecule has 5 nitrogen and oxygen atoms in total. The van der Waals surface area contributed by atoms with E-state index in [1.807, 2.05) is 4.90 Å². The summed E-state index contributed by atoms with van der Waals surface area (Å²) in [5, 5.41) is 20.5. The number of nitrogens with zero attached hydrogens (tertiary/aromatic N) is 2. The molecule has 0 radical (unpaired) electrons. The highest BCUT2D eigenvalue weighted by atomic mass is 35.5. The maximum Gasteiger partial charge on any atom is 0.272 e. The number of rotatable bonds is 2. The summed E-state index contributed by atoms with van der Waals surface area (Å²) in [7, 11) is 0. The molecule has 0 bridgehead atoms. The van der Waals surface area contributed by atoms with E-state index in [9.17, 15) is 15.2 Å². The molecule has 1 atom stereocenters. The van der Waals surface area contributed by atoms with Gasteiger partial charge in [0.25, 0.3) is 5.69 Å². The Labute approximate surface area is 108 Å². The molecule has 1 fully saturated rings. The molecule has 1 N–H and O–H groups in total. The van der Waals surface area contributed by atoms with Gasteiger partial charge < -0.3 is 10.0 Å². The lowest BCUT2D eigenvalue weighted by Gasteiger charge is -2.20. The van der Waals surface area contributed by atoms with Gasteiger partial charge in [0.15, 0.2) is 0 Å². The van der Waals surface area contributed by atoms with Crippen LogP contribution in [0.3, 0.4) is 0 Å². The van der Waals surface area contributed by atoms with Gasteiger partial charge in [-0.05, 0) is 6.42 Å². The lowest BCUT2D eigenvalue weighted by Crippen LogP contribution is -2.21. The molecule has 1 aromatic carbocycles. The van der Waals surface area contributed by atoms with Crippen LogP contribution in [0.1, 0.15) is 6.42 Å². The van der Waals surface area contributed by atoms with E-state index in [1.54, 1.807) is 0 Å². The summed E-state index contributed by atoms with van der Waals surface area (Å²) in [6.07, 6.45) is 0.237. The first-order valence-electron chi connectivity index (χ1n) is 5.05. The highest BCUT2D eigenvalue weighted by Gasteiger charge is 2.25. The molecule has 0 amide bonds. The van der Waals surface area contributed by atoms with E-state index in [0.29, 0.717) is 25.2 Å². The average molecular weight is 277 g/mol. The van der Waals surface area contributed by atoms with Gasteiger partial charge in [-0.1, -0.05) is 23.2 Å². The lowest BCUT2D eigenvalue weighted by molar-refractivity contribution is -0.384. The second-order valence-electron chi connectivity index (χ2n) is 3.90. The van der Waals surface area contributed by atoms with Crippen LogP contribution in [0.15, 0.2) is 12.1 Å². The third kappa shape index (κ3) is 2.46. The van der Waals surface area contributed by atoms with Crippen molar-refractivity contribution >= 4 is 34.6 Å². The van der Waals surface area contributed by atoms with Crippen LogP contribution >= 0.6 is 23.2 Å². The quantitative estimate of drug-likeness (QED) is 0.666. The monoisotopic (exact) mass is 276 g/mol. The minimum absolute atomic E-state index is 0.136. The normalized spacial score (nSPS) is 19.7. The van der Waals surface area contributed by atoms with Crippen LogP contribution in [-0.2, 0) is 0 Å². The number of aliphatic hydroxyl groups excluding tert-OH is 1. The number of β-amino-alcohol motifs (C(OH)–C–C–N with tert-alkyl or cyclic N) is 1. The zero-order valence-corrected chi connectivity index (χ0v) is 10.3. The van der Waals surface area contributed by atoms with Crippen LogP contribution in [0.25, 0.3) is 0 Å². The van der Waals surface area contributed by atoms with Gasteiger partial charge in [0.05, 0.1) is 26.8 Å². The molecule has 0 aliphatic carbocycles. The third-order valence-corrected chi connectivity index (χ3v) is 3.27. The van der Waals surface area contributed by atoms with Gasteiger partial charge in [-0.15, -0.1) is 0 Å². The fourth-order valence-corrected chi connectivity index (χ4v) is 2.62. The number of halogens is 2. The molecule has 2 rings (SSSR count). The van der Waals surface area contributed by atoms with Crippen molar-refractivity contribution in [3.63, 3.8) is 0 Å². The second kappa shape index (κ2) is 4.68. The molecule has 7 heteroatoms. The first-order valence-corrected chi connectivity index (χ1v) is 5.81.